The highest BCUT2D eigenvalue weighted by atomic mass is 19.1. The molecule has 29 heavy (non-hydrogen) atoms. The lowest BCUT2D eigenvalue weighted by atomic mass is 10.1. The topological polar surface area (TPSA) is 48.5 Å². The van der Waals surface area contributed by atoms with E-state index in [0.29, 0.717) is 11.3 Å². The molecule has 1 N–H and O–H groups in total. The number of carbonyl (C=O) groups excluding carboxylic acids is 1. The first-order chi connectivity index (χ1) is 14.0. The molecule has 1 aliphatic rings. The number of likely N-dealkylation sites (N-methyl/N-ethyl adjacent to an activating group) is 1. The lowest BCUT2D eigenvalue weighted by molar-refractivity contribution is 0.102. The van der Waals surface area contributed by atoms with Gasteiger partial charge in [0.2, 0.25) is 0 Å². The highest BCUT2D eigenvalue weighted by Crippen LogP contribution is 2.26. The summed E-state index contributed by atoms with van der Waals surface area (Å²) in [6.07, 6.45) is 0. The van der Waals surface area contributed by atoms with Crippen LogP contribution in [0.15, 0.2) is 48.5 Å². The highest BCUT2D eigenvalue weighted by molar-refractivity contribution is 6.05. The molecule has 5 nitrogen and oxygen atoms in total. The second kappa shape index (κ2) is 8.17. The van der Waals surface area contributed by atoms with Gasteiger partial charge in [-0.25, -0.2) is 9.37 Å². The van der Waals surface area contributed by atoms with E-state index in [1.54, 1.807) is 0 Å². The van der Waals surface area contributed by atoms with Gasteiger partial charge in [0.15, 0.2) is 0 Å². The molecule has 150 valence electrons. The van der Waals surface area contributed by atoms with Gasteiger partial charge in [0, 0.05) is 42.8 Å². The maximum atomic E-state index is 13.1. The van der Waals surface area contributed by atoms with E-state index in [0.717, 1.165) is 55.0 Å². The van der Waals surface area contributed by atoms with Crippen LogP contribution in [0.25, 0.3) is 10.9 Å². The Balaban J connectivity index is 1.54. The first kappa shape index (κ1) is 19.3. The molecule has 0 unspecified atom stereocenters. The molecule has 1 amide bonds. The van der Waals surface area contributed by atoms with E-state index in [1.165, 1.54) is 24.3 Å². The summed E-state index contributed by atoms with van der Waals surface area (Å²) in [4.78, 5) is 22.0. The summed E-state index contributed by atoms with van der Waals surface area (Å²) < 4.78 is 13.1. The lowest BCUT2D eigenvalue weighted by Gasteiger charge is -2.35. The Morgan fingerprint density at radius 3 is 2.48 bits per heavy atom. The van der Waals surface area contributed by atoms with Crippen molar-refractivity contribution >= 4 is 28.3 Å². The van der Waals surface area contributed by atoms with Crippen molar-refractivity contribution in [2.75, 3.05) is 42.9 Å². The molecule has 1 saturated heterocycles. The number of piperazine rings is 1. The van der Waals surface area contributed by atoms with E-state index in [1.807, 2.05) is 18.2 Å². The molecule has 0 spiro atoms. The van der Waals surface area contributed by atoms with Gasteiger partial charge in [-0.15, -0.1) is 0 Å². The monoisotopic (exact) mass is 392 g/mol. The minimum atomic E-state index is -0.360. The summed E-state index contributed by atoms with van der Waals surface area (Å²) in [6.45, 7) is 9.44. The minimum absolute atomic E-state index is 0.264. The Hall–Kier alpha value is -2.99. The molecule has 1 aromatic heterocycles. The van der Waals surface area contributed by atoms with Gasteiger partial charge < -0.3 is 15.1 Å². The smallest absolute Gasteiger partial charge is 0.255 e. The van der Waals surface area contributed by atoms with Crippen molar-refractivity contribution in [3.8, 4) is 0 Å². The number of pyridine rings is 1. The first-order valence-electron chi connectivity index (χ1n) is 9.99. The van der Waals surface area contributed by atoms with E-state index in [9.17, 15) is 9.18 Å². The molecule has 0 atom stereocenters. The zero-order valence-electron chi connectivity index (χ0n) is 16.8. The predicted octanol–water partition coefficient (Wildman–Crippen LogP) is 4.08. The Morgan fingerprint density at radius 2 is 1.79 bits per heavy atom. The molecule has 6 heteroatoms. The third-order valence-electron chi connectivity index (χ3n) is 5.51. The number of halogens is 1. The standard InChI is InChI=1S/C23H25FN4O/c1-3-27-10-12-28(13-11-27)22-14-16(2)20-15-19(8-9-21(20)26-22)25-23(29)17-4-6-18(24)7-5-17/h4-9,14-15H,3,10-13H2,1-2H3,(H,25,29). The van der Waals surface area contributed by atoms with Crippen LogP contribution in [-0.4, -0.2) is 48.5 Å². The lowest BCUT2D eigenvalue weighted by Crippen LogP contribution is -2.46. The fourth-order valence-electron chi connectivity index (χ4n) is 3.71. The van der Waals surface area contributed by atoms with Crippen molar-refractivity contribution in [3.05, 3.63) is 65.5 Å². The summed E-state index contributed by atoms with van der Waals surface area (Å²) in [5.74, 6) is 0.384. The zero-order chi connectivity index (χ0) is 20.4. The van der Waals surface area contributed by atoms with Crippen molar-refractivity contribution in [1.29, 1.82) is 0 Å². The van der Waals surface area contributed by atoms with Gasteiger partial charge in [-0.05, 0) is 67.6 Å². The number of aryl methyl sites for hydroxylation is 1. The molecule has 0 saturated carbocycles. The predicted molar refractivity (Wildman–Crippen MR) is 115 cm³/mol. The number of rotatable bonds is 4. The van der Waals surface area contributed by atoms with Crippen LogP contribution in [0.2, 0.25) is 0 Å². The van der Waals surface area contributed by atoms with Crippen molar-refractivity contribution in [2.24, 2.45) is 0 Å². The van der Waals surface area contributed by atoms with Gasteiger partial charge in [-0.3, -0.25) is 4.79 Å². The summed E-state index contributed by atoms with van der Waals surface area (Å²) >= 11 is 0. The number of fused-ring (bicyclic) bond motifs is 1. The maximum Gasteiger partial charge on any atom is 0.255 e. The molecule has 0 bridgehead atoms. The van der Waals surface area contributed by atoms with Crippen molar-refractivity contribution in [1.82, 2.24) is 9.88 Å². The number of anilines is 2. The van der Waals surface area contributed by atoms with Crippen LogP contribution >= 0.6 is 0 Å². The number of nitrogens with one attached hydrogen (secondary N) is 1. The third kappa shape index (κ3) is 4.22. The second-order valence-corrected chi connectivity index (χ2v) is 7.41. The number of aromatic nitrogens is 1. The van der Waals surface area contributed by atoms with Crippen LogP contribution in [0, 0.1) is 12.7 Å². The van der Waals surface area contributed by atoms with Crippen molar-refractivity contribution in [2.45, 2.75) is 13.8 Å². The fraction of sp³-hybridized carbons (Fsp3) is 0.304. The number of benzene rings is 2. The number of nitrogens with zero attached hydrogens (tertiary/aromatic N) is 3. The van der Waals surface area contributed by atoms with Crippen LogP contribution in [-0.2, 0) is 0 Å². The summed E-state index contributed by atoms with van der Waals surface area (Å²) in [5, 5.41) is 3.89. The number of amides is 1. The zero-order valence-corrected chi connectivity index (χ0v) is 16.8. The van der Waals surface area contributed by atoms with Crippen LogP contribution in [0.3, 0.4) is 0 Å². The van der Waals surface area contributed by atoms with Crippen LogP contribution in [0.1, 0.15) is 22.8 Å². The van der Waals surface area contributed by atoms with E-state index in [4.69, 9.17) is 4.98 Å². The second-order valence-electron chi connectivity index (χ2n) is 7.41. The van der Waals surface area contributed by atoms with Gasteiger partial charge in [-0.2, -0.15) is 0 Å². The Bertz CT molecular complexity index is 1030. The van der Waals surface area contributed by atoms with Crippen molar-refractivity contribution in [3.63, 3.8) is 0 Å². The minimum Gasteiger partial charge on any atom is -0.354 e. The average Bonchev–Trinajstić information content (AvgIpc) is 2.74. The Labute approximate surface area is 170 Å². The number of carbonyl (C=O) groups is 1. The van der Waals surface area contributed by atoms with Gasteiger partial charge in [0.1, 0.15) is 11.6 Å². The molecular weight excluding hydrogens is 367 g/mol. The molecule has 2 heterocycles. The SMILES string of the molecule is CCN1CCN(c2cc(C)c3cc(NC(=O)c4ccc(F)cc4)ccc3n2)CC1. The quantitative estimate of drug-likeness (QED) is 0.727. The van der Waals surface area contributed by atoms with E-state index >= 15 is 0 Å². The maximum absolute atomic E-state index is 13.1. The summed E-state index contributed by atoms with van der Waals surface area (Å²) in [7, 11) is 0. The molecule has 2 aromatic carbocycles. The highest BCUT2D eigenvalue weighted by Gasteiger charge is 2.18. The largest absolute Gasteiger partial charge is 0.354 e. The van der Waals surface area contributed by atoms with Gasteiger partial charge in [0.25, 0.3) is 5.91 Å². The van der Waals surface area contributed by atoms with Gasteiger partial charge in [0.05, 0.1) is 5.52 Å². The van der Waals surface area contributed by atoms with E-state index in [-0.39, 0.29) is 11.7 Å². The molecule has 3 aromatic rings. The van der Waals surface area contributed by atoms with Crippen LogP contribution in [0.4, 0.5) is 15.9 Å². The van der Waals surface area contributed by atoms with Crippen LogP contribution in [0.5, 0.6) is 0 Å². The fourth-order valence-corrected chi connectivity index (χ4v) is 3.71. The number of hydrogen-bond donors (Lipinski definition) is 1. The van der Waals surface area contributed by atoms with E-state index in [2.05, 4.69) is 35.0 Å². The van der Waals surface area contributed by atoms with E-state index < -0.39 is 0 Å². The molecule has 1 aliphatic heterocycles. The Morgan fingerprint density at radius 1 is 1.07 bits per heavy atom. The molecule has 4 rings (SSSR count). The molecule has 1 fully saturated rings. The van der Waals surface area contributed by atoms with Crippen molar-refractivity contribution < 1.29 is 9.18 Å². The first-order valence-corrected chi connectivity index (χ1v) is 9.99. The normalized spacial score (nSPS) is 14.9. The molecule has 0 radical (unpaired) electrons. The molecule has 0 aliphatic carbocycles. The van der Waals surface area contributed by atoms with Gasteiger partial charge >= 0.3 is 0 Å². The molecular formula is C23H25FN4O. The number of hydrogen-bond acceptors (Lipinski definition) is 4. The third-order valence-corrected chi connectivity index (χ3v) is 5.51. The summed E-state index contributed by atoms with van der Waals surface area (Å²) in [5.41, 5.74) is 3.16. The Kier molecular flexibility index (Phi) is 5.45. The summed E-state index contributed by atoms with van der Waals surface area (Å²) in [6, 6.07) is 13.4. The van der Waals surface area contributed by atoms with Gasteiger partial charge in [-0.1, -0.05) is 6.92 Å². The van der Waals surface area contributed by atoms with Crippen LogP contribution < -0.4 is 10.2 Å². The average molecular weight is 392 g/mol.